The molecule has 0 spiro atoms. The number of hydrogen-bond donors (Lipinski definition) is 0. The predicted molar refractivity (Wildman–Crippen MR) is 59.5 cm³/mol. The van der Waals surface area contributed by atoms with Crippen LogP contribution in [0.5, 0.6) is 0 Å². The molecule has 0 radical (unpaired) electrons. The maximum Gasteiger partial charge on any atom is 0.320 e. The van der Waals surface area contributed by atoms with Gasteiger partial charge in [0.2, 0.25) is 0 Å². The topological polar surface area (TPSA) is 23.6 Å². The Balaban J connectivity index is 2.05. The van der Waals surface area contributed by atoms with Gasteiger partial charge in [0.05, 0.1) is 0 Å². The number of amides is 2. The monoisotopic (exact) mass is 204 g/mol. The van der Waals surface area contributed by atoms with E-state index in [0.29, 0.717) is 12.6 Å². The molecule has 1 fully saturated rings. The van der Waals surface area contributed by atoms with Gasteiger partial charge >= 0.3 is 6.03 Å². The third-order valence-electron chi connectivity index (χ3n) is 2.93. The van der Waals surface area contributed by atoms with Gasteiger partial charge in [-0.15, -0.1) is 0 Å². The fraction of sp³-hybridized carbons (Fsp3) is 0.417. The van der Waals surface area contributed by atoms with Crippen LogP contribution in [0.1, 0.15) is 12.5 Å². The number of hydrogen-bond acceptors (Lipinski definition) is 1. The van der Waals surface area contributed by atoms with Crippen molar-refractivity contribution in [3.63, 3.8) is 0 Å². The van der Waals surface area contributed by atoms with Gasteiger partial charge < -0.3 is 9.80 Å². The first-order chi connectivity index (χ1) is 7.18. The fourth-order valence-corrected chi connectivity index (χ4v) is 1.87. The molecule has 80 valence electrons. The second-order valence-corrected chi connectivity index (χ2v) is 4.11. The summed E-state index contributed by atoms with van der Waals surface area (Å²) in [6.45, 7) is 3.61. The normalized spacial score (nSPS) is 21.2. The van der Waals surface area contributed by atoms with Crippen LogP contribution in [0.25, 0.3) is 0 Å². The summed E-state index contributed by atoms with van der Waals surface area (Å²) >= 11 is 0. The van der Waals surface area contributed by atoms with E-state index in [0.717, 1.165) is 6.54 Å². The average molecular weight is 204 g/mol. The zero-order valence-electron chi connectivity index (χ0n) is 9.18. The van der Waals surface area contributed by atoms with E-state index in [2.05, 4.69) is 19.1 Å². The van der Waals surface area contributed by atoms with Gasteiger partial charge in [0.1, 0.15) is 0 Å². The number of nitrogens with zero attached hydrogens (tertiary/aromatic N) is 2. The summed E-state index contributed by atoms with van der Waals surface area (Å²) in [5.41, 5.74) is 1.19. The van der Waals surface area contributed by atoms with Crippen molar-refractivity contribution < 1.29 is 4.79 Å². The van der Waals surface area contributed by atoms with Crippen molar-refractivity contribution in [2.75, 3.05) is 13.6 Å². The highest BCUT2D eigenvalue weighted by atomic mass is 16.2. The largest absolute Gasteiger partial charge is 0.323 e. The second kappa shape index (κ2) is 3.93. The molecule has 1 aromatic rings. The average Bonchev–Trinajstić information content (AvgIpc) is 2.48. The van der Waals surface area contributed by atoms with Crippen LogP contribution in [0.4, 0.5) is 4.79 Å². The molecule has 2 rings (SSSR count). The van der Waals surface area contributed by atoms with Crippen LogP contribution in [-0.2, 0) is 6.54 Å². The smallest absolute Gasteiger partial charge is 0.320 e. The fourth-order valence-electron chi connectivity index (χ4n) is 1.87. The van der Waals surface area contributed by atoms with Crippen LogP contribution in [0.3, 0.4) is 0 Å². The zero-order valence-corrected chi connectivity index (χ0v) is 9.18. The van der Waals surface area contributed by atoms with E-state index in [1.807, 2.05) is 30.1 Å². The SMILES string of the molecule is CC1CN(Cc2ccccc2)C(=O)N1C. The van der Waals surface area contributed by atoms with Gasteiger partial charge in [0.15, 0.2) is 0 Å². The number of carbonyl (C=O) groups excluding carboxylic acids is 1. The van der Waals surface area contributed by atoms with Crippen molar-refractivity contribution in [3.05, 3.63) is 35.9 Å². The molecule has 1 saturated heterocycles. The van der Waals surface area contributed by atoms with Crippen LogP contribution in [0, 0.1) is 0 Å². The first-order valence-electron chi connectivity index (χ1n) is 5.24. The number of benzene rings is 1. The number of urea groups is 1. The Labute approximate surface area is 90.3 Å². The van der Waals surface area contributed by atoms with Gasteiger partial charge in [0.25, 0.3) is 0 Å². The van der Waals surface area contributed by atoms with Crippen LogP contribution in [-0.4, -0.2) is 35.5 Å². The van der Waals surface area contributed by atoms with Crippen molar-refractivity contribution in [1.82, 2.24) is 9.80 Å². The van der Waals surface area contributed by atoms with E-state index in [1.54, 1.807) is 4.90 Å². The summed E-state index contributed by atoms with van der Waals surface area (Å²) in [4.78, 5) is 15.5. The van der Waals surface area contributed by atoms with E-state index in [1.165, 1.54) is 5.56 Å². The molecule has 1 aliphatic rings. The Morgan fingerprint density at radius 3 is 2.53 bits per heavy atom. The van der Waals surface area contributed by atoms with Crippen molar-refractivity contribution in [2.24, 2.45) is 0 Å². The molecule has 0 bridgehead atoms. The third-order valence-corrected chi connectivity index (χ3v) is 2.93. The minimum atomic E-state index is 0.131. The van der Waals surface area contributed by atoms with E-state index in [4.69, 9.17) is 0 Å². The zero-order chi connectivity index (χ0) is 10.8. The van der Waals surface area contributed by atoms with Gasteiger partial charge in [-0.05, 0) is 12.5 Å². The molecule has 0 N–H and O–H groups in total. The quantitative estimate of drug-likeness (QED) is 0.722. The molecule has 2 amide bonds. The summed E-state index contributed by atoms with van der Waals surface area (Å²) in [5.74, 6) is 0. The van der Waals surface area contributed by atoms with Gasteiger partial charge in [-0.1, -0.05) is 30.3 Å². The highest BCUT2D eigenvalue weighted by molar-refractivity contribution is 5.76. The lowest BCUT2D eigenvalue weighted by atomic mass is 10.2. The number of rotatable bonds is 2. The lowest BCUT2D eigenvalue weighted by Gasteiger charge is -2.15. The van der Waals surface area contributed by atoms with Crippen molar-refractivity contribution in [1.29, 1.82) is 0 Å². The molecule has 15 heavy (non-hydrogen) atoms. The highest BCUT2D eigenvalue weighted by Gasteiger charge is 2.31. The molecule has 0 aromatic heterocycles. The lowest BCUT2D eigenvalue weighted by molar-refractivity contribution is 0.194. The molecular weight excluding hydrogens is 188 g/mol. The molecule has 0 saturated carbocycles. The van der Waals surface area contributed by atoms with Crippen LogP contribution in [0.15, 0.2) is 30.3 Å². The summed E-state index contributed by atoms with van der Waals surface area (Å²) in [6, 6.07) is 10.6. The summed E-state index contributed by atoms with van der Waals surface area (Å²) < 4.78 is 0. The van der Waals surface area contributed by atoms with Gasteiger partial charge in [-0.3, -0.25) is 0 Å². The third kappa shape index (κ3) is 1.96. The predicted octanol–water partition coefficient (Wildman–Crippen LogP) is 1.94. The molecular formula is C12H16N2O. The molecule has 3 heteroatoms. The van der Waals surface area contributed by atoms with Crippen LogP contribution < -0.4 is 0 Å². The lowest BCUT2D eigenvalue weighted by Crippen LogP contribution is -2.30. The summed E-state index contributed by atoms with van der Waals surface area (Å²) in [7, 11) is 1.86. The Bertz CT molecular complexity index is 350. The van der Waals surface area contributed by atoms with Crippen LogP contribution >= 0.6 is 0 Å². The Hall–Kier alpha value is -1.51. The highest BCUT2D eigenvalue weighted by Crippen LogP contribution is 2.16. The number of carbonyl (C=O) groups is 1. The van der Waals surface area contributed by atoms with E-state index < -0.39 is 0 Å². The minimum absolute atomic E-state index is 0.131. The Morgan fingerprint density at radius 1 is 1.33 bits per heavy atom. The molecule has 0 aliphatic carbocycles. The maximum atomic E-state index is 11.8. The van der Waals surface area contributed by atoms with Crippen molar-refractivity contribution in [2.45, 2.75) is 19.5 Å². The minimum Gasteiger partial charge on any atom is -0.323 e. The van der Waals surface area contributed by atoms with Crippen molar-refractivity contribution in [3.8, 4) is 0 Å². The van der Waals surface area contributed by atoms with Gasteiger partial charge in [-0.25, -0.2) is 4.79 Å². The van der Waals surface area contributed by atoms with E-state index >= 15 is 0 Å². The number of likely N-dealkylation sites (N-methyl/N-ethyl adjacent to an activating group) is 1. The molecule has 1 heterocycles. The summed E-state index contributed by atoms with van der Waals surface area (Å²) in [5, 5.41) is 0. The Morgan fingerprint density at radius 2 is 2.00 bits per heavy atom. The van der Waals surface area contributed by atoms with E-state index in [-0.39, 0.29) is 6.03 Å². The first-order valence-corrected chi connectivity index (χ1v) is 5.24. The van der Waals surface area contributed by atoms with Gasteiger partial charge in [0, 0.05) is 26.2 Å². The standard InChI is InChI=1S/C12H16N2O/c1-10-8-14(12(15)13(10)2)9-11-6-4-3-5-7-11/h3-7,10H,8-9H2,1-2H3. The maximum absolute atomic E-state index is 11.8. The first kappa shape index (κ1) is 10.0. The molecule has 1 atom stereocenters. The van der Waals surface area contributed by atoms with Crippen molar-refractivity contribution >= 4 is 6.03 Å². The van der Waals surface area contributed by atoms with Gasteiger partial charge in [-0.2, -0.15) is 0 Å². The van der Waals surface area contributed by atoms with Crippen LogP contribution in [0.2, 0.25) is 0 Å². The second-order valence-electron chi connectivity index (χ2n) is 4.11. The van der Waals surface area contributed by atoms with E-state index in [9.17, 15) is 4.79 Å². The molecule has 1 aliphatic heterocycles. The molecule has 1 aromatic carbocycles. The molecule has 3 nitrogen and oxygen atoms in total. The summed E-state index contributed by atoms with van der Waals surface area (Å²) in [6.07, 6.45) is 0. The Kier molecular flexibility index (Phi) is 2.62. The molecule has 1 unspecified atom stereocenters.